The van der Waals surface area contributed by atoms with E-state index in [-0.39, 0.29) is 19.0 Å². The van der Waals surface area contributed by atoms with Gasteiger partial charge in [-0.1, -0.05) is 31.8 Å². The topological polar surface area (TPSA) is 40.5 Å². The number of hydrogen-bond donors (Lipinski definition) is 2. The standard InChI is InChI=1S/C13H21FO2Si/c1-17(2,3)10-13(8-15,9-16)11-5-4-6-12(14)7-11/h4-7,15-16H,8-10H2,1-3H3. The van der Waals surface area contributed by atoms with Gasteiger partial charge in [-0.25, -0.2) is 4.39 Å². The Bertz CT molecular complexity index is 370. The van der Waals surface area contributed by atoms with Crippen molar-refractivity contribution in [2.45, 2.75) is 31.1 Å². The number of rotatable bonds is 5. The molecule has 0 bridgehead atoms. The van der Waals surface area contributed by atoms with Crippen LogP contribution >= 0.6 is 0 Å². The first kappa shape index (κ1) is 14.3. The summed E-state index contributed by atoms with van der Waals surface area (Å²) in [5.74, 6) is -0.329. The Morgan fingerprint density at radius 2 is 1.76 bits per heavy atom. The zero-order chi connectivity index (χ0) is 13.1. The summed E-state index contributed by atoms with van der Waals surface area (Å²) < 4.78 is 13.3. The van der Waals surface area contributed by atoms with Gasteiger partial charge in [-0.2, -0.15) is 0 Å². The molecule has 17 heavy (non-hydrogen) atoms. The first-order chi connectivity index (χ1) is 7.83. The lowest BCUT2D eigenvalue weighted by molar-refractivity contribution is 0.128. The minimum Gasteiger partial charge on any atom is -0.395 e. The fourth-order valence-corrected chi connectivity index (χ4v) is 4.74. The number of benzene rings is 1. The summed E-state index contributed by atoms with van der Waals surface area (Å²) in [4.78, 5) is 0. The second-order valence-corrected chi connectivity index (χ2v) is 11.3. The molecule has 0 unspecified atom stereocenters. The third-order valence-electron chi connectivity index (χ3n) is 2.91. The number of hydrogen-bond acceptors (Lipinski definition) is 2. The van der Waals surface area contributed by atoms with Crippen LogP contribution in [0.5, 0.6) is 0 Å². The Labute approximate surface area is 103 Å². The van der Waals surface area contributed by atoms with Gasteiger partial charge in [0.25, 0.3) is 0 Å². The highest BCUT2D eigenvalue weighted by Crippen LogP contribution is 2.33. The lowest BCUT2D eigenvalue weighted by Crippen LogP contribution is -2.42. The molecule has 1 aromatic carbocycles. The summed E-state index contributed by atoms with van der Waals surface area (Å²) >= 11 is 0. The normalized spacial score (nSPS) is 12.8. The minimum atomic E-state index is -1.48. The summed E-state index contributed by atoms with van der Waals surface area (Å²) in [6, 6.07) is 6.91. The quantitative estimate of drug-likeness (QED) is 0.794. The van der Waals surface area contributed by atoms with Gasteiger partial charge in [-0.3, -0.25) is 0 Å². The molecule has 0 radical (unpaired) electrons. The molecule has 0 aromatic heterocycles. The number of aliphatic hydroxyl groups excluding tert-OH is 2. The van der Waals surface area contributed by atoms with Crippen LogP contribution in [0.2, 0.25) is 25.7 Å². The van der Waals surface area contributed by atoms with Gasteiger partial charge in [0.1, 0.15) is 5.82 Å². The van der Waals surface area contributed by atoms with Crippen molar-refractivity contribution in [1.82, 2.24) is 0 Å². The van der Waals surface area contributed by atoms with E-state index in [1.807, 2.05) is 0 Å². The van der Waals surface area contributed by atoms with E-state index >= 15 is 0 Å². The summed E-state index contributed by atoms with van der Waals surface area (Å²) in [6.45, 7) is 6.21. The number of halogens is 1. The molecule has 0 fully saturated rings. The molecule has 2 N–H and O–H groups in total. The fourth-order valence-electron chi connectivity index (χ4n) is 2.28. The van der Waals surface area contributed by atoms with Gasteiger partial charge in [0.05, 0.1) is 13.2 Å². The average molecular weight is 256 g/mol. The molecule has 0 amide bonds. The molecule has 0 aliphatic heterocycles. The van der Waals surface area contributed by atoms with Gasteiger partial charge in [-0.15, -0.1) is 0 Å². The highest BCUT2D eigenvalue weighted by molar-refractivity contribution is 6.76. The highest BCUT2D eigenvalue weighted by Gasteiger charge is 2.36. The maximum Gasteiger partial charge on any atom is 0.123 e. The minimum absolute atomic E-state index is 0.156. The van der Waals surface area contributed by atoms with Gasteiger partial charge in [-0.05, 0) is 23.7 Å². The molecule has 0 spiro atoms. The van der Waals surface area contributed by atoms with Crippen molar-refractivity contribution in [2.75, 3.05) is 13.2 Å². The first-order valence-electron chi connectivity index (χ1n) is 5.81. The Morgan fingerprint density at radius 3 is 2.18 bits per heavy atom. The van der Waals surface area contributed by atoms with E-state index in [1.165, 1.54) is 12.1 Å². The Morgan fingerprint density at radius 1 is 1.18 bits per heavy atom. The third-order valence-corrected chi connectivity index (χ3v) is 4.65. The van der Waals surface area contributed by atoms with Crippen molar-refractivity contribution < 1.29 is 14.6 Å². The molecule has 0 aliphatic rings. The van der Waals surface area contributed by atoms with Crippen molar-refractivity contribution in [3.63, 3.8) is 0 Å². The monoisotopic (exact) mass is 256 g/mol. The molecule has 0 saturated heterocycles. The van der Waals surface area contributed by atoms with Crippen LogP contribution in [0.3, 0.4) is 0 Å². The average Bonchev–Trinajstić information content (AvgIpc) is 2.25. The largest absolute Gasteiger partial charge is 0.395 e. The molecule has 0 aliphatic carbocycles. The van der Waals surface area contributed by atoms with E-state index < -0.39 is 13.5 Å². The van der Waals surface area contributed by atoms with Crippen molar-refractivity contribution >= 4 is 8.07 Å². The fraction of sp³-hybridized carbons (Fsp3) is 0.538. The van der Waals surface area contributed by atoms with Crippen LogP contribution in [0.25, 0.3) is 0 Å². The Kier molecular flexibility index (Phi) is 4.46. The van der Waals surface area contributed by atoms with Crippen LogP contribution in [0.15, 0.2) is 24.3 Å². The van der Waals surface area contributed by atoms with Gasteiger partial charge in [0, 0.05) is 13.5 Å². The summed E-state index contributed by atoms with van der Waals surface area (Å²) in [5.41, 5.74) is -0.0306. The molecule has 1 aromatic rings. The summed E-state index contributed by atoms with van der Waals surface area (Å²) in [6.07, 6.45) is 0. The number of aliphatic hydroxyl groups is 2. The maximum absolute atomic E-state index is 13.3. The van der Waals surface area contributed by atoms with E-state index in [2.05, 4.69) is 19.6 Å². The van der Waals surface area contributed by atoms with Crippen LogP contribution < -0.4 is 0 Å². The van der Waals surface area contributed by atoms with Crippen LogP contribution in [-0.2, 0) is 5.41 Å². The van der Waals surface area contributed by atoms with Gasteiger partial charge < -0.3 is 10.2 Å². The van der Waals surface area contributed by atoms with Crippen LogP contribution in [0.1, 0.15) is 5.56 Å². The van der Waals surface area contributed by atoms with Crippen LogP contribution in [-0.4, -0.2) is 31.5 Å². The molecular formula is C13H21FO2Si. The van der Waals surface area contributed by atoms with E-state index in [0.717, 1.165) is 6.04 Å². The zero-order valence-corrected chi connectivity index (χ0v) is 11.7. The highest BCUT2D eigenvalue weighted by atomic mass is 28.3. The third kappa shape index (κ3) is 3.62. The van der Waals surface area contributed by atoms with E-state index in [1.54, 1.807) is 12.1 Å². The zero-order valence-electron chi connectivity index (χ0n) is 10.7. The van der Waals surface area contributed by atoms with Crippen LogP contribution in [0, 0.1) is 5.82 Å². The SMILES string of the molecule is C[Si](C)(C)CC(CO)(CO)c1cccc(F)c1. The lowest BCUT2D eigenvalue weighted by Gasteiger charge is -2.35. The maximum atomic E-state index is 13.3. The lowest BCUT2D eigenvalue weighted by atomic mass is 9.84. The van der Waals surface area contributed by atoms with Crippen molar-refractivity contribution in [2.24, 2.45) is 0 Å². The predicted molar refractivity (Wildman–Crippen MR) is 70.4 cm³/mol. The van der Waals surface area contributed by atoms with Crippen molar-refractivity contribution in [3.05, 3.63) is 35.6 Å². The molecule has 0 atom stereocenters. The predicted octanol–water partition coefficient (Wildman–Crippen LogP) is 2.39. The molecule has 4 heteroatoms. The van der Waals surface area contributed by atoms with E-state index in [9.17, 15) is 14.6 Å². The Hall–Kier alpha value is -0.713. The molecule has 96 valence electrons. The van der Waals surface area contributed by atoms with Crippen LogP contribution in [0.4, 0.5) is 4.39 Å². The van der Waals surface area contributed by atoms with Crippen molar-refractivity contribution in [1.29, 1.82) is 0 Å². The molecule has 1 rings (SSSR count). The molecule has 0 saturated carbocycles. The van der Waals surface area contributed by atoms with E-state index in [0.29, 0.717) is 5.56 Å². The van der Waals surface area contributed by atoms with Crippen molar-refractivity contribution in [3.8, 4) is 0 Å². The molecule has 2 nitrogen and oxygen atoms in total. The smallest absolute Gasteiger partial charge is 0.123 e. The summed E-state index contributed by atoms with van der Waals surface area (Å²) in [7, 11) is -1.48. The second-order valence-electron chi connectivity index (χ2n) is 5.84. The van der Waals surface area contributed by atoms with Gasteiger partial charge in [0.2, 0.25) is 0 Å². The van der Waals surface area contributed by atoms with Gasteiger partial charge in [0.15, 0.2) is 0 Å². The second kappa shape index (κ2) is 5.29. The van der Waals surface area contributed by atoms with E-state index in [4.69, 9.17) is 0 Å². The molecular weight excluding hydrogens is 235 g/mol. The first-order valence-corrected chi connectivity index (χ1v) is 9.51. The van der Waals surface area contributed by atoms with Gasteiger partial charge >= 0.3 is 0 Å². The summed E-state index contributed by atoms with van der Waals surface area (Å²) in [5, 5.41) is 19.2. The molecule has 0 heterocycles. The Balaban J connectivity index is 3.15.